The average molecular weight is 745 g/mol. The predicted octanol–water partition coefficient (Wildman–Crippen LogP) is 15.9. The lowest BCUT2D eigenvalue weighted by Gasteiger charge is -2.26. The third-order valence-electron chi connectivity index (χ3n) is 10.8. The van der Waals surface area contributed by atoms with Crippen molar-refractivity contribution < 1.29 is 0 Å². The molecule has 0 aliphatic carbocycles. The zero-order chi connectivity index (χ0) is 39.3. The Hall–Kier alpha value is -7.42. The maximum Gasteiger partial charge on any atom is 0.0541 e. The highest BCUT2D eigenvalue weighted by molar-refractivity contribution is 6.10. The van der Waals surface area contributed by atoms with Gasteiger partial charge in [-0.15, -0.1) is 0 Å². The Kier molecular flexibility index (Phi) is 10.2. The summed E-state index contributed by atoms with van der Waals surface area (Å²) < 4.78 is 2.36. The van der Waals surface area contributed by atoms with Crippen LogP contribution in [-0.2, 0) is 0 Å². The molecule has 0 saturated carbocycles. The molecule has 0 saturated heterocycles. The smallest absolute Gasteiger partial charge is 0.0541 e. The van der Waals surface area contributed by atoms with Gasteiger partial charge in [-0.05, 0) is 111 Å². The topological polar surface area (TPSA) is 8.17 Å². The molecule has 2 heteroatoms. The second kappa shape index (κ2) is 16.4. The highest BCUT2D eigenvalue weighted by Gasteiger charge is 2.15. The Balaban J connectivity index is 0.00000215. The molecule has 0 unspecified atom stereocenters. The minimum atomic E-state index is 1.10. The molecule has 0 amide bonds. The fraction of sp³-hybridized carbons (Fsp3) is 0.0357. The first-order valence-electron chi connectivity index (χ1n) is 20.2. The van der Waals surface area contributed by atoms with E-state index < -0.39 is 0 Å². The number of benzene rings is 9. The lowest BCUT2D eigenvalue weighted by molar-refractivity contribution is 1.18. The van der Waals surface area contributed by atoms with Crippen molar-refractivity contribution >= 4 is 38.9 Å². The van der Waals surface area contributed by atoms with Gasteiger partial charge in [0.1, 0.15) is 0 Å². The van der Waals surface area contributed by atoms with Crippen molar-refractivity contribution in [1.82, 2.24) is 4.57 Å². The van der Waals surface area contributed by atoms with E-state index in [0.29, 0.717) is 0 Å². The highest BCUT2D eigenvalue weighted by atomic mass is 15.1. The minimum absolute atomic E-state index is 1.10. The van der Waals surface area contributed by atoms with Crippen LogP contribution >= 0.6 is 0 Å². The molecule has 278 valence electrons. The summed E-state index contributed by atoms with van der Waals surface area (Å²) in [7, 11) is 0. The summed E-state index contributed by atoms with van der Waals surface area (Å²) in [5.41, 5.74) is 16.5. The number of hydrogen-bond acceptors (Lipinski definition) is 1. The zero-order valence-corrected chi connectivity index (χ0v) is 32.8. The monoisotopic (exact) mass is 744 g/mol. The summed E-state index contributed by atoms with van der Waals surface area (Å²) >= 11 is 0. The second-order valence-electron chi connectivity index (χ2n) is 14.2. The van der Waals surface area contributed by atoms with Crippen LogP contribution in [-0.4, -0.2) is 4.57 Å². The van der Waals surface area contributed by atoms with Gasteiger partial charge in [0.15, 0.2) is 0 Å². The fourth-order valence-electron chi connectivity index (χ4n) is 7.98. The van der Waals surface area contributed by atoms with Crippen LogP contribution in [0.3, 0.4) is 0 Å². The van der Waals surface area contributed by atoms with Gasteiger partial charge in [-0.1, -0.05) is 178 Å². The molecule has 0 aliphatic heterocycles. The van der Waals surface area contributed by atoms with Crippen molar-refractivity contribution in [1.29, 1.82) is 0 Å². The molecular weight excluding hydrogens is 701 g/mol. The maximum atomic E-state index is 2.36. The van der Waals surface area contributed by atoms with Crippen molar-refractivity contribution in [2.45, 2.75) is 13.8 Å². The number of anilines is 3. The summed E-state index contributed by atoms with van der Waals surface area (Å²) in [6.45, 7) is 4.00. The van der Waals surface area contributed by atoms with Gasteiger partial charge in [0, 0.05) is 33.5 Å². The van der Waals surface area contributed by atoms with Gasteiger partial charge in [0.2, 0.25) is 0 Å². The largest absolute Gasteiger partial charge is 0.311 e. The van der Waals surface area contributed by atoms with E-state index in [1.807, 2.05) is 13.8 Å². The van der Waals surface area contributed by atoms with Crippen LogP contribution in [0.5, 0.6) is 0 Å². The van der Waals surface area contributed by atoms with Gasteiger partial charge in [-0.25, -0.2) is 0 Å². The summed E-state index contributed by atoms with van der Waals surface area (Å²) in [6.07, 6.45) is 0. The molecule has 58 heavy (non-hydrogen) atoms. The van der Waals surface area contributed by atoms with Crippen LogP contribution in [0.4, 0.5) is 17.1 Å². The number of nitrogens with zero attached hydrogens (tertiary/aromatic N) is 2. The quantitative estimate of drug-likeness (QED) is 0.150. The maximum absolute atomic E-state index is 2.36. The van der Waals surface area contributed by atoms with Crippen LogP contribution in [0, 0.1) is 0 Å². The normalized spacial score (nSPS) is 10.9. The molecule has 2 nitrogen and oxygen atoms in total. The lowest BCUT2D eigenvalue weighted by Crippen LogP contribution is -2.09. The fourth-order valence-corrected chi connectivity index (χ4v) is 7.98. The first-order valence-corrected chi connectivity index (χ1v) is 20.2. The van der Waals surface area contributed by atoms with Crippen molar-refractivity contribution in [3.8, 4) is 50.2 Å². The summed E-state index contributed by atoms with van der Waals surface area (Å²) in [4.78, 5) is 2.33. The van der Waals surface area contributed by atoms with Crippen molar-refractivity contribution in [3.05, 3.63) is 231 Å². The van der Waals surface area contributed by atoms with Gasteiger partial charge in [0.25, 0.3) is 0 Å². The first kappa shape index (κ1) is 36.2. The molecule has 9 aromatic carbocycles. The summed E-state index contributed by atoms with van der Waals surface area (Å²) in [5.74, 6) is 0. The van der Waals surface area contributed by atoms with E-state index in [0.717, 1.165) is 17.1 Å². The highest BCUT2D eigenvalue weighted by Crippen LogP contribution is 2.39. The van der Waals surface area contributed by atoms with Gasteiger partial charge >= 0.3 is 0 Å². The van der Waals surface area contributed by atoms with Gasteiger partial charge in [0.05, 0.1) is 11.0 Å². The summed E-state index contributed by atoms with van der Waals surface area (Å²) in [6, 6.07) is 82.9. The number of fused-ring (bicyclic) bond motifs is 3. The van der Waals surface area contributed by atoms with E-state index in [1.54, 1.807) is 0 Å². The van der Waals surface area contributed by atoms with Crippen LogP contribution in [0.15, 0.2) is 231 Å². The minimum Gasteiger partial charge on any atom is -0.311 e. The molecule has 0 aliphatic rings. The molecule has 1 heterocycles. The van der Waals surface area contributed by atoms with Gasteiger partial charge in [-0.2, -0.15) is 0 Å². The molecular formula is C56H44N2. The Labute approximate surface area is 341 Å². The third kappa shape index (κ3) is 7.09. The number of aromatic nitrogens is 1. The molecule has 10 aromatic rings. The van der Waals surface area contributed by atoms with E-state index in [9.17, 15) is 0 Å². The summed E-state index contributed by atoms with van der Waals surface area (Å²) in [5, 5.41) is 2.52. The predicted molar refractivity (Wildman–Crippen MR) is 249 cm³/mol. The van der Waals surface area contributed by atoms with Crippen LogP contribution < -0.4 is 4.90 Å². The lowest BCUT2D eigenvalue weighted by atomic mass is 9.98. The SMILES string of the molecule is CC.c1ccc(-c2ccc(N(c3ccc(-c4ccccc4)cc3)c3ccc(-c4ccc(-c5ccc6c(c5)c5ccccc5n6-c5ccccc5)cc4)cc3)cc2)cc1. The Morgan fingerprint density at radius 2 is 0.603 bits per heavy atom. The second-order valence-corrected chi connectivity index (χ2v) is 14.2. The van der Waals surface area contributed by atoms with E-state index in [2.05, 4.69) is 240 Å². The standard InChI is InChI=1S/C54H38N2.C2H6/c1-4-12-39(13-5-1)42-24-31-48(32-25-42)55(49-33-26-43(27-34-49)40-14-6-2-7-15-40)50-35-28-44(29-36-50)41-20-22-45(23-21-41)46-30-37-54-52(38-46)51-18-10-11-19-53(51)56(54)47-16-8-3-9-17-47;1-2/h1-38H;1-2H3. The molecule has 0 fully saturated rings. The molecule has 1 aromatic heterocycles. The van der Waals surface area contributed by atoms with Crippen LogP contribution in [0.1, 0.15) is 13.8 Å². The third-order valence-corrected chi connectivity index (χ3v) is 10.8. The van der Waals surface area contributed by atoms with Gasteiger partial charge < -0.3 is 9.47 Å². The molecule has 10 rings (SSSR count). The molecule has 0 atom stereocenters. The number of para-hydroxylation sites is 2. The van der Waals surface area contributed by atoms with Crippen molar-refractivity contribution in [2.75, 3.05) is 4.90 Å². The van der Waals surface area contributed by atoms with E-state index >= 15 is 0 Å². The van der Waals surface area contributed by atoms with Crippen molar-refractivity contribution in [3.63, 3.8) is 0 Å². The molecule has 0 spiro atoms. The van der Waals surface area contributed by atoms with E-state index in [4.69, 9.17) is 0 Å². The van der Waals surface area contributed by atoms with E-state index in [1.165, 1.54) is 72.0 Å². The molecule has 0 bridgehead atoms. The molecule has 0 N–H and O–H groups in total. The van der Waals surface area contributed by atoms with Crippen LogP contribution in [0.25, 0.3) is 72.0 Å². The average Bonchev–Trinajstić information content (AvgIpc) is 3.65. The Bertz CT molecular complexity index is 2810. The molecule has 0 radical (unpaired) electrons. The number of rotatable bonds is 8. The van der Waals surface area contributed by atoms with Gasteiger partial charge in [-0.3, -0.25) is 0 Å². The Morgan fingerprint density at radius 1 is 0.276 bits per heavy atom. The zero-order valence-electron chi connectivity index (χ0n) is 32.8. The van der Waals surface area contributed by atoms with Crippen molar-refractivity contribution in [2.24, 2.45) is 0 Å². The first-order chi connectivity index (χ1) is 28.8. The number of hydrogen-bond donors (Lipinski definition) is 0. The Morgan fingerprint density at radius 3 is 1.07 bits per heavy atom. The van der Waals surface area contributed by atoms with Crippen LogP contribution in [0.2, 0.25) is 0 Å². The van der Waals surface area contributed by atoms with E-state index in [-0.39, 0.29) is 0 Å².